The molecule has 1 aliphatic carbocycles. The van der Waals surface area contributed by atoms with Crippen LogP contribution in [0.3, 0.4) is 0 Å². The lowest BCUT2D eigenvalue weighted by Gasteiger charge is -2.17. The van der Waals surface area contributed by atoms with E-state index in [1.807, 2.05) is 7.05 Å². The molecule has 0 aromatic rings. The SMILES string of the molecule is CNC1CCCC1S(=O)CCS(C)(=O)=O. The van der Waals surface area contributed by atoms with Crippen LogP contribution in [0.2, 0.25) is 0 Å². The van der Waals surface area contributed by atoms with Gasteiger partial charge in [0.05, 0.1) is 11.0 Å². The van der Waals surface area contributed by atoms with Crippen molar-refractivity contribution >= 4 is 20.6 Å². The summed E-state index contributed by atoms with van der Waals surface area (Å²) in [7, 11) is -2.13. The summed E-state index contributed by atoms with van der Waals surface area (Å²) in [6.07, 6.45) is 4.27. The van der Waals surface area contributed by atoms with Crippen molar-refractivity contribution in [1.29, 1.82) is 0 Å². The molecule has 0 aromatic heterocycles. The van der Waals surface area contributed by atoms with Crippen LogP contribution in [0.4, 0.5) is 0 Å². The van der Waals surface area contributed by atoms with Crippen LogP contribution in [0.5, 0.6) is 0 Å². The smallest absolute Gasteiger partial charge is 0.148 e. The van der Waals surface area contributed by atoms with Gasteiger partial charge in [-0.05, 0) is 19.9 Å². The van der Waals surface area contributed by atoms with Gasteiger partial charge < -0.3 is 5.32 Å². The van der Waals surface area contributed by atoms with Crippen LogP contribution < -0.4 is 5.32 Å². The van der Waals surface area contributed by atoms with E-state index in [-0.39, 0.29) is 16.8 Å². The van der Waals surface area contributed by atoms with E-state index >= 15 is 0 Å². The van der Waals surface area contributed by atoms with Gasteiger partial charge in [0, 0.05) is 28.9 Å². The minimum Gasteiger partial charge on any atom is -0.316 e. The summed E-state index contributed by atoms with van der Waals surface area (Å²) < 4.78 is 33.8. The molecule has 3 unspecified atom stereocenters. The van der Waals surface area contributed by atoms with Crippen molar-refractivity contribution in [3.63, 3.8) is 0 Å². The van der Waals surface area contributed by atoms with Crippen LogP contribution in [-0.4, -0.2) is 48.7 Å². The molecule has 0 heterocycles. The fourth-order valence-corrected chi connectivity index (χ4v) is 5.19. The predicted molar refractivity (Wildman–Crippen MR) is 63.2 cm³/mol. The van der Waals surface area contributed by atoms with Crippen LogP contribution >= 0.6 is 0 Å². The molecular weight excluding hydrogens is 234 g/mol. The van der Waals surface area contributed by atoms with E-state index in [9.17, 15) is 12.6 Å². The predicted octanol–water partition coefficient (Wildman–Crippen LogP) is -0.0798. The zero-order valence-corrected chi connectivity index (χ0v) is 10.9. The first-order valence-corrected chi connectivity index (χ1v) is 8.60. The zero-order valence-electron chi connectivity index (χ0n) is 9.23. The third kappa shape index (κ3) is 4.20. The van der Waals surface area contributed by atoms with Crippen molar-refractivity contribution in [3.05, 3.63) is 0 Å². The Morgan fingerprint density at radius 3 is 2.60 bits per heavy atom. The molecule has 1 N–H and O–H groups in total. The van der Waals surface area contributed by atoms with Gasteiger partial charge in [0.25, 0.3) is 0 Å². The molecule has 4 nitrogen and oxygen atoms in total. The van der Waals surface area contributed by atoms with E-state index in [0.29, 0.717) is 6.04 Å². The molecular formula is C9H19NO3S2. The van der Waals surface area contributed by atoms with E-state index in [0.717, 1.165) is 19.3 Å². The minimum absolute atomic E-state index is 0.0343. The van der Waals surface area contributed by atoms with Gasteiger partial charge in [-0.1, -0.05) is 6.42 Å². The van der Waals surface area contributed by atoms with Crippen LogP contribution in [0.1, 0.15) is 19.3 Å². The fourth-order valence-electron chi connectivity index (χ4n) is 1.96. The molecule has 90 valence electrons. The highest BCUT2D eigenvalue weighted by molar-refractivity contribution is 7.92. The Bertz CT molecular complexity index is 326. The van der Waals surface area contributed by atoms with Crippen LogP contribution in [-0.2, 0) is 20.6 Å². The fraction of sp³-hybridized carbons (Fsp3) is 1.00. The maximum atomic E-state index is 11.9. The molecule has 0 bridgehead atoms. The Labute approximate surface area is 94.2 Å². The summed E-state index contributed by atoms with van der Waals surface area (Å²) in [5.74, 6) is 0.314. The number of hydrogen-bond acceptors (Lipinski definition) is 4. The third-order valence-corrected chi connectivity index (χ3v) is 5.87. The van der Waals surface area contributed by atoms with Crippen molar-refractivity contribution in [1.82, 2.24) is 5.32 Å². The van der Waals surface area contributed by atoms with Gasteiger partial charge in [-0.25, -0.2) is 8.42 Å². The Morgan fingerprint density at radius 1 is 1.40 bits per heavy atom. The summed E-state index contributed by atoms with van der Waals surface area (Å²) >= 11 is 0. The Hall–Kier alpha value is 0.0600. The molecule has 1 fully saturated rings. The lowest BCUT2D eigenvalue weighted by molar-refractivity contribution is 0.575. The Morgan fingerprint density at radius 2 is 2.07 bits per heavy atom. The molecule has 1 saturated carbocycles. The normalized spacial score (nSPS) is 29.2. The second-order valence-electron chi connectivity index (χ2n) is 4.08. The monoisotopic (exact) mass is 253 g/mol. The average molecular weight is 253 g/mol. The molecule has 6 heteroatoms. The number of rotatable bonds is 5. The third-order valence-electron chi connectivity index (χ3n) is 2.82. The number of sulfone groups is 1. The quantitative estimate of drug-likeness (QED) is 0.744. The summed E-state index contributed by atoms with van der Waals surface area (Å²) in [4.78, 5) is 0. The van der Waals surface area contributed by atoms with E-state index < -0.39 is 20.6 Å². The van der Waals surface area contributed by atoms with Crippen molar-refractivity contribution < 1.29 is 12.6 Å². The van der Waals surface area contributed by atoms with Crippen LogP contribution in [0.15, 0.2) is 0 Å². The van der Waals surface area contributed by atoms with Crippen LogP contribution in [0.25, 0.3) is 0 Å². The largest absolute Gasteiger partial charge is 0.316 e. The molecule has 15 heavy (non-hydrogen) atoms. The van der Waals surface area contributed by atoms with E-state index in [4.69, 9.17) is 0 Å². The zero-order chi connectivity index (χ0) is 11.5. The molecule has 0 radical (unpaired) electrons. The summed E-state index contributed by atoms with van der Waals surface area (Å²) in [5, 5.41) is 3.29. The first-order chi connectivity index (χ1) is 6.94. The molecule has 0 aliphatic heterocycles. The van der Waals surface area contributed by atoms with Gasteiger partial charge in [0.1, 0.15) is 9.84 Å². The second kappa shape index (κ2) is 5.41. The summed E-state index contributed by atoms with van der Waals surface area (Å²) in [6.45, 7) is 0. The first-order valence-electron chi connectivity index (χ1n) is 5.16. The molecule has 0 aromatic carbocycles. The van der Waals surface area contributed by atoms with E-state index in [1.165, 1.54) is 6.26 Å². The molecule has 0 spiro atoms. The van der Waals surface area contributed by atoms with E-state index in [1.54, 1.807) is 0 Å². The maximum Gasteiger partial charge on any atom is 0.148 e. The van der Waals surface area contributed by atoms with Gasteiger partial charge in [0.2, 0.25) is 0 Å². The van der Waals surface area contributed by atoms with Crippen molar-refractivity contribution in [2.24, 2.45) is 0 Å². The van der Waals surface area contributed by atoms with Gasteiger partial charge >= 0.3 is 0 Å². The standard InChI is InChI=1S/C9H19NO3S2/c1-10-8-4-3-5-9(8)14(11)6-7-15(2,12)13/h8-10H,3-7H2,1-2H3. The molecule has 0 saturated heterocycles. The Balaban J connectivity index is 2.46. The van der Waals surface area contributed by atoms with Gasteiger partial charge in [-0.15, -0.1) is 0 Å². The van der Waals surface area contributed by atoms with Gasteiger partial charge in [0.15, 0.2) is 0 Å². The van der Waals surface area contributed by atoms with Crippen molar-refractivity contribution in [2.45, 2.75) is 30.6 Å². The lowest BCUT2D eigenvalue weighted by atomic mass is 10.2. The second-order valence-corrected chi connectivity index (χ2v) is 8.11. The highest BCUT2D eigenvalue weighted by Gasteiger charge is 2.30. The van der Waals surface area contributed by atoms with E-state index in [2.05, 4.69) is 5.32 Å². The first kappa shape index (κ1) is 13.1. The van der Waals surface area contributed by atoms with Crippen LogP contribution in [0, 0.1) is 0 Å². The highest BCUT2D eigenvalue weighted by atomic mass is 32.2. The maximum absolute atomic E-state index is 11.9. The van der Waals surface area contributed by atoms with Gasteiger partial charge in [-0.3, -0.25) is 4.21 Å². The van der Waals surface area contributed by atoms with Crippen molar-refractivity contribution in [3.8, 4) is 0 Å². The highest BCUT2D eigenvalue weighted by Crippen LogP contribution is 2.23. The van der Waals surface area contributed by atoms with Crippen molar-refractivity contribution in [2.75, 3.05) is 24.8 Å². The molecule has 0 amide bonds. The molecule has 1 aliphatic rings. The lowest BCUT2D eigenvalue weighted by Crippen LogP contribution is -2.37. The minimum atomic E-state index is -2.99. The van der Waals surface area contributed by atoms with Gasteiger partial charge in [-0.2, -0.15) is 0 Å². The molecule has 3 atom stereocenters. The Kier molecular flexibility index (Phi) is 4.73. The summed E-state index contributed by atoms with van der Waals surface area (Å²) in [6, 6.07) is 0.297. The average Bonchev–Trinajstić information content (AvgIpc) is 2.60. The number of nitrogens with one attached hydrogen (secondary N) is 1. The topological polar surface area (TPSA) is 63.2 Å². The summed E-state index contributed by atoms with van der Waals surface area (Å²) in [5.41, 5.74) is 0. The molecule has 1 rings (SSSR count). The number of hydrogen-bond donors (Lipinski definition) is 1.